The fourth-order valence-electron chi connectivity index (χ4n) is 7.67. The average Bonchev–Trinajstić information content (AvgIpc) is 3.34. The summed E-state index contributed by atoms with van der Waals surface area (Å²) in [5.41, 5.74) is 0. The fourth-order valence-corrected chi connectivity index (χ4v) is 7.67. The van der Waals surface area contributed by atoms with Crippen LogP contribution < -0.4 is 0 Å². The lowest BCUT2D eigenvalue weighted by Gasteiger charge is -2.18. The van der Waals surface area contributed by atoms with E-state index in [0.717, 1.165) is 96.3 Å². The quantitative estimate of drug-likeness (QED) is 0.0345. The third kappa shape index (κ3) is 55.2. The van der Waals surface area contributed by atoms with Gasteiger partial charge in [-0.15, -0.1) is 0 Å². The van der Waals surface area contributed by atoms with Crippen LogP contribution in [0, 0.1) is 0 Å². The summed E-state index contributed by atoms with van der Waals surface area (Å²) in [7, 11) is 0. The summed E-state index contributed by atoms with van der Waals surface area (Å²) in [5.74, 6) is -0.503. The van der Waals surface area contributed by atoms with E-state index in [4.69, 9.17) is 14.2 Å². The highest BCUT2D eigenvalue weighted by Crippen LogP contribution is 2.15. The number of allylic oxidation sites excluding steroid dienone is 18. The zero-order chi connectivity index (χ0) is 49.2. The van der Waals surface area contributed by atoms with E-state index in [9.17, 15) is 9.59 Å². The largest absolute Gasteiger partial charge is 0.462 e. The lowest BCUT2D eigenvalue weighted by atomic mass is 10.0. The van der Waals surface area contributed by atoms with Crippen LogP contribution in [0.25, 0.3) is 0 Å². The third-order valence-corrected chi connectivity index (χ3v) is 11.8. The van der Waals surface area contributed by atoms with Gasteiger partial charge >= 0.3 is 11.9 Å². The second-order valence-corrected chi connectivity index (χ2v) is 18.4. The number of rotatable bonds is 51. The highest BCUT2D eigenvalue weighted by atomic mass is 16.6. The number of unbranched alkanes of at least 4 members (excludes halogenated alkanes) is 22. The molecule has 0 aliphatic heterocycles. The van der Waals surface area contributed by atoms with Gasteiger partial charge in [-0.2, -0.15) is 0 Å². The molecule has 0 amide bonds. The molecule has 0 fully saturated rings. The molecule has 0 aliphatic carbocycles. The minimum Gasteiger partial charge on any atom is -0.462 e. The first-order chi connectivity index (χ1) is 33.6. The Hall–Kier alpha value is -3.44. The minimum atomic E-state index is -0.593. The Morgan fingerprint density at radius 1 is 0.338 bits per heavy atom. The van der Waals surface area contributed by atoms with Gasteiger partial charge in [0.05, 0.1) is 6.61 Å². The van der Waals surface area contributed by atoms with Crippen molar-refractivity contribution in [1.82, 2.24) is 0 Å². The molecule has 0 saturated heterocycles. The molecule has 0 bridgehead atoms. The van der Waals surface area contributed by atoms with E-state index in [1.165, 1.54) is 116 Å². The van der Waals surface area contributed by atoms with E-state index in [0.29, 0.717) is 19.4 Å². The SMILES string of the molecule is CC/C=C\C/C=C\C/C=C\C/C=C\C/C=C\CCCCCCOCC(COC(=O)CCCCCCCCCCCCCCCCCCCCC)OC(=O)CC/C=C\C/C=C\C/C=C\C/C=C\CC. The number of carbonyl (C=O) groups excluding carboxylic acids is 2. The Labute approximate surface area is 421 Å². The Balaban J connectivity index is 4.35. The van der Waals surface area contributed by atoms with Crippen molar-refractivity contribution in [2.75, 3.05) is 19.8 Å². The number of esters is 2. The molecular weight excluding hydrogens is 837 g/mol. The van der Waals surface area contributed by atoms with Crippen LogP contribution in [0.3, 0.4) is 0 Å². The molecule has 68 heavy (non-hydrogen) atoms. The summed E-state index contributed by atoms with van der Waals surface area (Å²) in [5, 5.41) is 0. The monoisotopic (exact) mass is 943 g/mol. The van der Waals surface area contributed by atoms with Gasteiger partial charge in [-0.1, -0.05) is 259 Å². The predicted molar refractivity (Wildman–Crippen MR) is 297 cm³/mol. The van der Waals surface area contributed by atoms with Crippen LogP contribution in [0.1, 0.15) is 252 Å². The van der Waals surface area contributed by atoms with Crippen molar-refractivity contribution in [3.63, 3.8) is 0 Å². The molecule has 0 aromatic carbocycles. The molecule has 0 N–H and O–H groups in total. The van der Waals surface area contributed by atoms with Crippen LogP contribution in [0.2, 0.25) is 0 Å². The molecule has 388 valence electrons. The molecule has 5 nitrogen and oxygen atoms in total. The van der Waals surface area contributed by atoms with Gasteiger partial charge in [-0.05, 0) is 89.9 Å². The van der Waals surface area contributed by atoms with Crippen molar-refractivity contribution in [3.8, 4) is 0 Å². The smallest absolute Gasteiger partial charge is 0.306 e. The van der Waals surface area contributed by atoms with Crippen LogP contribution in [0.5, 0.6) is 0 Å². The van der Waals surface area contributed by atoms with Crippen LogP contribution >= 0.6 is 0 Å². The molecule has 0 aliphatic rings. The molecule has 0 spiro atoms. The third-order valence-electron chi connectivity index (χ3n) is 11.8. The van der Waals surface area contributed by atoms with Gasteiger partial charge < -0.3 is 14.2 Å². The minimum absolute atomic E-state index is 0.0426. The number of ether oxygens (including phenoxy) is 3. The first-order valence-corrected chi connectivity index (χ1v) is 28.4. The summed E-state index contributed by atoms with van der Waals surface area (Å²) in [6.45, 7) is 7.48. The highest BCUT2D eigenvalue weighted by Gasteiger charge is 2.17. The number of carbonyl (C=O) groups is 2. The second kappa shape index (κ2) is 57.9. The topological polar surface area (TPSA) is 61.8 Å². The molecule has 0 radical (unpaired) electrons. The molecule has 1 atom stereocenters. The molecular formula is C63H106O5. The summed E-state index contributed by atoms with van der Waals surface area (Å²) in [4.78, 5) is 25.4. The maximum Gasteiger partial charge on any atom is 0.306 e. The van der Waals surface area contributed by atoms with Gasteiger partial charge in [0.25, 0.3) is 0 Å². The summed E-state index contributed by atoms with van der Waals surface area (Å²) < 4.78 is 17.4. The van der Waals surface area contributed by atoms with E-state index in [-0.39, 0.29) is 31.6 Å². The van der Waals surface area contributed by atoms with E-state index in [1.54, 1.807) is 0 Å². The van der Waals surface area contributed by atoms with Crippen molar-refractivity contribution < 1.29 is 23.8 Å². The van der Waals surface area contributed by atoms with Crippen molar-refractivity contribution in [1.29, 1.82) is 0 Å². The number of hydrogen-bond donors (Lipinski definition) is 0. The van der Waals surface area contributed by atoms with Gasteiger partial charge in [0.1, 0.15) is 6.61 Å². The lowest BCUT2D eigenvalue weighted by Crippen LogP contribution is -2.30. The zero-order valence-electron chi connectivity index (χ0n) is 44.6. The summed E-state index contributed by atoms with van der Waals surface area (Å²) >= 11 is 0. The average molecular weight is 944 g/mol. The standard InChI is InChI=1S/C63H106O5/c1-4-7-10-13-16-19-22-25-27-29-31-33-35-37-40-43-46-49-52-55-58-66-59-61(68-63(65)57-54-51-48-45-42-38-24-21-18-15-12-9-6-3)60-67-62(64)56-53-50-47-44-41-39-36-34-32-30-28-26-23-20-17-14-11-8-5-2/h7,9-10,12,16,18-19,21,25,27,31,33,37-38,40,42,48,51,61H,4-6,8,11,13-15,17,20,22-24,26,28-30,32,34-36,39,41,43-47,49-50,52-60H2,1-3H3/b10-7-,12-9-,19-16-,21-18-,27-25-,33-31-,40-37-,42-38-,51-48-. The van der Waals surface area contributed by atoms with Gasteiger partial charge in [-0.25, -0.2) is 0 Å². The molecule has 0 aromatic rings. The lowest BCUT2D eigenvalue weighted by molar-refractivity contribution is -0.162. The van der Waals surface area contributed by atoms with Crippen LogP contribution in [0.4, 0.5) is 0 Å². The summed E-state index contributed by atoms with van der Waals surface area (Å²) in [6, 6.07) is 0. The van der Waals surface area contributed by atoms with E-state index in [1.807, 2.05) is 6.08 Å². The normalized spacial score (nSPS) is 13.0. The Kier molecular flexibility index (Phi) is 54.9. The molecule has 1 unspecified atom stereocenters. The van der Waals surface area contributed by atoms with Crippen LogP contribution in [-0.2, 0) is 23.8 Å². The maximum atomic E-state index is 12.8. The van der Waals surface area contributed by atoms with E-state index < -0.39 is 6.10 Å². The molecule has 0 heterocycles. The summed E-state index contributed by atoms with van der Waals surface area (Å²) in [6.07, 6.45) is 79.9. The van der Waals surface area contributed by atoms with Gasteiger partial charge in [-0.3, -0.25) is 9.59 Å². The van der Waals surface area contributed by atoms with Gasteiger partial charge in [0.15, 0.2) is 6.10 Å². The second-order valence-electron chi connectivity index (χ2n) is 18.4. The van der Waals surface area contributed by atoms with E-state index in [2.05, 4.69) is 124 Å². The molecule has 0 rings (SSSR count). The Morgan fingerprint density at radius 2 is 0.691 bits per heavy atom. The number of hydrogen-bond acceptors (Lipinski definition) is 5. The Morgan fingerprint density at radius 3 is 1.12 bits per heavy atom. The first-order valence-electron chi connectivity index (χ1n) is 28.4. The van der Waals surface area contributed by atoms with Crippen molar-refractivity contribution in [2.24, 2.45) is 0 Å². The van der Waals surface area contributed by atoms with E-state index >= 15 is 0 Å². The van der Waals surface area contributed by atoms with Crippen molar-refractivity contribution in [2.45, 2.75) is 258 Å². The van der Waals surface area contributed by atoms with Gasteiger partial charge in [0.2, 0.25) is 0 Å². The Bertz CT molecular complexity index is 1340. The molecule has 0 aromatic heterocycles. The zero-order valence-corrected chi connectivity index (χ0v) is 44.6. The first kappa shape index (κ1) is 64.6. The van der Waals surface area contributed by atoms with Crippen LogP contribution in [0.15, 0.2) is 109 Å². The van der Waals surface area contributed by atoms with Crippen molar-refractivity contribution >= 4 is 11.9 Å². The molecule has 5 heteroatoms. The van der Waals surface area contributed by atoms with Gasteiger partial charge in [0, 0.05) is 19.4 Å². The fraction of sp³-hybridized carbons (Fsp3) is 0.683. The van der Waals surface area contributed by atoms with Crippen molar-refractivity contribution in [3.05, 3.63) is 109 Å². The molecule has 0 saturated carbocycles. The van der Waals surface area contributed by atoms with Crippen LogP contribution in [-0.4, -0.2) is 37.9 Å². The highest BCUT2D eigenvalue weighted by molar-refractivity contribution is 5.70. The predicted octanol–water partition coefficient (Wildman–Crippen LogP) is 19.6. The maximum absolute atomic E-state index is 12.8.